The molecule has 1 aromatic rings. The molecule has 5 heteroatoms. The number of hydrogen-bond acceptors (Lipinski definition) is 3. The van der Waals surface area contributed by atoms with Gasteiger partial charge in [-0.25, -0.2) is 4.39 Å². The van der Waals surface area contributed by atoms with Gasteiger partial charge in [-0.05, 0) is 38.5 Å². The average molecular weight is 285 g/mol. The minimum absolute atomic E-state index is 0.113. The Morgan fingerprint density at radius 3 is 2.53 bits per heavy atom. The standard InChI is InChI=1S/C14H20FNO2S/c1-10(17)14(2,3)16-13(18)9-19-8-11-4-6-12(15)7-5-11/h4-7,10,17H,8-9H2,1-3H3,(H,16,18). The molecule has 0 aliphatic rings. The van der Waals surface area contributed by atoms with Crippen LogP contribution < -0.4 is 5.32 Å². The molecule has 1 unspecified atom stereocenters. The van der Waals surface area contributed by atoms with Gasteiger partial charge in [0.05, 0.1) is 17.4 Å². The monoisotopic (exact) mass is 285 g/mol. The number of thioether (sulfide) groups is 1. The topological polar surface area (TPSA) is 49.3 Å². The Balaban J connectivity index is 2.33. The van der Waals surface area contributed by atoms with E-state index >= 15 is 0 Å². The van der Waals surface area contributed by atoms with E-state index in [1.807, 2.05) is 0 Å². The maximum Gasteiger partial charge on any atom is 0.230 e. The summed E-state index contributed by atoms with van der Waals surface area (Å²) in [5.41, 5.74) is 0.349. The fraction of sp³-hybridized carbons (Fsp3) is 0.500. The Hall–Kier alpha value is -1.07. The summed E-state index contributed by atoms with van der Waals surface area (Å²) in [6.45, 7) is 5.20. The molecule has 0 saturated heterocycles. The molecule has 1 atom stereocenters. The van der Waals surface area contributed by atoms with Gasteiger partial charge >= 0.3 is 0 Å². The average Bonchev–Trinajstić information content (AvgIpc) is 2.31. The molecule has 106 valence electrons. The largest absolute Gasteiger partial charge is 0.391 e. The number of benzene rings is 1. The molecule has 0 radical (unpaired) electrons. The highest BCUT2D eigenvalue weighted by Crippen LogP contribution is 2.14. The minimum atomic E-state index is -0.631. The van der Waals surface area contributed by atoms with Crippen LogP contribution in [0.15, 0.2) is 24.3 Å². The molecule has 0 aliphatic carbocycles. The molecule has 3 nitrogen and oxygen atoms in total. The lowest BCUT2D eigenvalue weighted by molar-refractivity contribution is -0.121. The number of aliphatic hydroxyl groups is 1. The van der Waals surface area contributed by atoms with Crippen molar-refractivity contribution in [2.24, 2.45) is 0 Å². The zero-order chi connectivity index (χ0) is 14.5. The molecule has 1 amide bonds. The first kappa shape index (κ1) is 16.0. The molecule has 0 heterocycles. The molecule has 0 saturated carbocycles. The molecule has 19 heavy (non-hydrogen) atoms. The molecule has 0 aromatic heterocycles. The van der Waals surface area contributed by atoms with Gasteiger partial charge in [-0.3, -0.25) is 4.79 Å². The third-order valence-corrected chi connectivity index (χ3v) is 3.92. The van der Waals surface area contributed by atoms with E-state index in [-0.39, 0.29) is 11.7 Å². The molecule has 1 aromatic carbocycles. The van der Waals surface area contributed by atoms with Crippen LogP contribution in [0.4, 0.5) is 4.39 Å². The molecular weight excluding hydrogens is 265 g/mol. The van der Waals surface area contributed by atoms with Crippen LogP contribution in [0, 0.1) is 5.82 Å². The van der Waals surface area contributed by atoms with Crippen molar-refractivity contribution in [2.75, 3.05) is 5.75 Å². The van der Waals surface area contributed by atoms with E-state index in [1.54, 1.807) is 32.9 Å². The van der Waals surface area contributed by atoms with Gasteiger partial charge in [-0.1, -0.05) is 12.1 Å². The normalized spacial score (nSPS) is 13.1. The third-order valence-electron chi connectivity index (χ3n) is 2.92. The van der Waals surface area contributed by atoms with Crippen molar-refractivity contribution in [1.29, 1.82) is 0 Å². The second kappa shape index (κ2) is 6.91. The van der Waals surface area contributed by atoms with Crippen LogP contribution in [0.1, 0.15) is 26.3 Å². The van der Waals surface area contributed by atoms with Gasteiger partial charge in [0, 0.05) is 5.75 Å². The van der Waals surface area contributed by atoms with Crippen LogP contribution in [-0.4, -0.2) is 28.4 Å². The summed E-state index contributed by atoms with van der Waals surface area (Å²) in [5, 5.41) is 12.3. The summed E-state index contributed by atoms with van der Waals surface area (Å²) in [7, 11) is 0. The second-order valence-electron chi connectivity index (χ2n) is 5.07. The van der Waals surface area contributed by atoms with Gasteiger partial charge < -0.3 is 10.4 Å². The van der Waals surface area contributed by atoms with Crippen molar-refractivity contribution in [3.63, 3.8) is 0 Å². The van der Waals surface area contributed by atoms with Crippen molar-refractivity contribution in [2.45, 2.75) is 38.2 Å². The number of carbonyl (C=O) groups excluding carboxylic acids is 1. The van der Waals surface area contributed by atoms with Gasteiger partial charge in [-0.15, -0.1) is 11.8 Å². The number of hydrogen-bond donors (Lipinski definition) is 2. The SMILES string of the molecule is CC(O)C(C)(C)NC(=O)CSCc1ccc(F)cc1. The molecule has 0 fully saturated rings. The first-order chi connectivity index (χ1) is 8.81. The molecule has 0 aliphatic heterocycles. The Bertz CT molecular complexity index is 418. The number of nitrogens with one attached hydrogen (secondary N) is 1. The summed E-state index contributed by atoms with van der Waals surface area (Å²) >= 11 is 1.46. The van der Waals surface area contributed by atoms with Gasteiger partial charge in [0.25, 0.3) is 0 Å². The predicted molar refractivity (Wildman–Crippen MR) is 76.5 cm³/mol. The second-order valence-corrected chi connectivity index (χ2v) is 6.05. The van der Waals surface area contributed by atoms with Crippen molar-refractivity contribution < 1.29 is 14.3 Å². The highest BCUT2D eigenvalue weighted by molar-refractivity contribution is 7.99. The molecule has 0 bridgehead atoms. The van der Waals surface area contributed by atoms with E-state index in [9.17, 15) is 14.3 Å². The van der Waals surface area contributed by atoms with E-state index in [2.05, 4.69) is 5.32 Å². The van der Waals surface area contributed by atoms with Crippen molar-refractivity contribution >= 4 is 17.7 Å². The number of carbonyl (C=O) groups is 1. The molecule has 0 spiro atoms. The third kappa shape index (κ3) is 5.61. The highest BCUT2D eigenvalue weighted by Gasteiger charge is 2.25. The molecule has 1 rings (SSSR count). The van der Waals surface area contributed by atoms with E-state index in [1.165, 1.54) is 23.9 Å². The fourth-order valence-electron chi connectivity index (χ4n) is 1.34. The Morgan fingerprint density at radius 2 is 2.00 bits per heavy atom. The summed E-state index contributed by atoms with van der Waals surface area (Å²) < 4.78 is 12.7. The van der Waals surface area contributed by atoms with E-state index in [0.717, 1.165) is 5.56 Å². The highest BCUT2D eigenvalue weighted by atomic mass is 32.2. The fourth-order valence-corrected chi connectivity index (χ4v) is 2.13. The zero-order valence-electron chi connectivity index (χ0n) is 11.4. The van der Waals surface area contributed by atoms with Crippen molar-refractivity contribution in [3.8, 4) is 0 Å². The van der Waals surface area contributed by atoms with Gasteiger partial charge in [0.15, 0.2) is 0 Å². The lowest BCUT2D eigenvalue weighted by Crippen LogP contribution is -2.51. The summed E-state index contributed by atoms with van der Waals surface area (Å²) in [6, 6.07) is 6.24. The Morgan fingerprint density at radius 1 is 1.42 bits per heavy atom. The maximum atomic E-state index is 12.7. The lowest BCUT2D eigenvalue weighted by atomic mass is 9.99. The lowest BCUT2D eigenvalue weighted by Gasteiger charge is -2.29. The van der Waals surface area contributed by atoms with Gasteiger partial charge in [0.2, 0.25) is 5.91 Å². The number of amides is 1. The molecule has 2 N–H and O–H groups in total. The number of rotatable bonds is 6. The van der Waals surface area contributed by atoms with Crippen LogP contribution >= 0.6 is 11.8 Å². The van der Waals surface area contributed by atoms with Gasteiger partial charge in [0.1, 0.15) is 5.82 Å². The zero-order valence-corrected chi connectivity index (χ0v) is 12.3. The Labute approximate surface area is 117 Å². The van der Waals surface area contributed by atoms with Gasteiger partial charge in [-0.2, -0.15) is 0 Å². The van der Waals surface area contributed by atoms with Crippen molar-refractivity contribution in [3.05, 3.63) is 35.6 Å². The van der Waals surface area contributed by atoms with Crippen LogP contribution in [0.5, 0.6) is 0 Å². The van der Waals surface area contributed by atoms with E-state index in [0.29, 0.717) is 11.5 Å². The first-order valence-electron chi connectivity index (χ1n) is 6.12. The van der Waals surface area contributed by atoms with Crippen LogP contribution in [0.25, 0.3) is 0 Å². The predicted octanol–water partition coefficient (Wildman–Crippen LogP) is 2.33. The summed E-state index contributed by atoms with van der Waals surface area (Å²) in [6.07, 6.45) is -0.612. The maximum absolute atomic E-state index is 12.7. The van der Waals surface area contributed by atoms with E-state index in [4.69, 9.17) is 0 Å². The Kier molecular flexibility index (Phi) is 5.82. The van der Waals surface area contributed by atoms with Crippen molar-refractivity contribution in [1.82, 2.24) is 5.32 Å². The smallest absolute Gasteiger partial charge is 0.230 e. The minimum Gasteiger partial charge on any atom is -0.391 e. The number of aliphatic hydroxyl groups excluding tert-OH is 1. The molecular formula is C14H20FNO2S. The summed E-state index contributed by atoms with van der Waals surface area (Å²) in [4.78, 5) is 11.7. The van der Waals surface area contributed by atoms with E-state index < -0.39 is 11.6 Å². The summed E-state index contributed by atoms with van der Waals surface area (Å²) in [5.74, 6) is 0.597. The quantitative estimate of drug-likeness (QED) is 0.843. The van der Waals surface area contributed by atoms with Crippen LogP contribution in [-0.2, 0) is 10.5 Å². The number of halogens is 1. The first-order valence-corrected chi connectivity index (χ1v) is 7.28. The van der Waals surface area contributed by atoms with Crippen LogP contribution in [0.3, 0.4) is 0 Å². The van der Waals surface area contributed by atoms with Crippen LogP contribution in [0.2, 0.25) is 0 Å².